The molecule has 5 nitrogen and oxygen atoms in total. The molecular weight excluding hydrogens is 256 g/mol. The molecule has 0 radical (unpaired) electrons. The maximum absolute atomic E-state index is 12.4. The maximum Gasteiger partial charge on any atom is 0.318 e. The number of carbonyl (C=O) groups is 1. The Morgan fingerprint density at radius 1 is 1.50 bits per heavy atom. The predicted octanol–water partition coefficient (Wildman–Crippen LogP) is 2.77. The van der Waals surface area contributed by atoms with E-state index in [4.69, 9.17) is 9.15 Å². The number of amides is 2. The van der Waals surface area contributed by atoms with Crippen molar-refractivity contribution < 1.29 is 13.9 Å². The Morgan fingerprint density at radius 3 is 2.95 bits per heavy atom. The highest BCUT2D eigenvalue weighted by Gasteiger charge is 2.27. The van der Waals surface area contributed by atoms with E-state index in [1.165, 1.54) is 12.8 Å². The molecule has 2 rings (SSSR count). The molecule has 1 aliphatic carbocycles. The van der Waals surface area contributed by atoms with Crippen molar-refractivity contribution in [3.63, 3.8) is 0 Å². The van der Waals surface area contributed by atoms with Gasteiger partial charge in [0.15, 0.2) is 0 Å². The molecule has 2 amide bonds. The minimum Gasteiger partial charge on any atom is -0.467 e. The Bertz CT molecular complexity index is 386. The number of urea groups is 1. The number of hydrogen-bond donors (Lipinski definition) is 1. The highest BCUT2D eigenvalue weighted by atomic mass is 16.5. The fourth-order valence-corrected chi connectivity index (χ4v) is 2.67. The molecule has 1 saturated carbocycles. The van der Waals surface area contributed by atoms with Gasteiger partial charge in [-0.3, -0.25) is 0 Å². The average Bonchev–Trinajstić information content (AvgIpc) is 3.13. The number of ether oxygens (including phenoxy) is 1. The fourth-order valence-electron chi connectivity index (χ4n) is 2.67. The van der Waals surface area contributed by atoms with Crippen molar-refractivity contribution in [1.29, 1.82) is 0 Å². The van der Waals surface area contributed by atoms with Crippen LogP contribution < -0.4 is 5.32 Å². The lowest BCUT2D eigenvalue weighted by Crippen LogP contribution is -2.45. The molecule has 20 heavy (non-hydrogen) atoms. The summed E-state index contributed by atoms with van der Waals surface area (Å²) in [7, 11) is 1.67. The molecule has 1 N–H and O–H groups in total. The standard InChI is InChI=1S/C15H24N2O3/c1-19-10-5-9-16-15(18)17(13-6-2-3-7-13)12-14-8-4-11-20-14/h4,8,11,13H,2-3,5-7,9-10,12H2,1H3,(H,16,18). The van der Waals surface area contributed by atoms with E-state index >= 15 is 0 Å². The molecule has 0 bridgehead atoms. The smallest absolute Gasteiger partial charge is 0.318 e. The van der Waals surface area contributed by atoms with E-state index in [0.29, 0.717) is 25.7 Å². The van der Waals surface area contributed by atoms with Gasteiger partial charge >= 0.3 is 6.03 Å². The maximum atomic E-state index is 12.4. The van der Waals surface area contributed by atoms with E-state index in [2.05, 4.69) is 5.32 Å². The summed E-state index contributed by atoms with van der Waals surface area (Å²) < 4.78 is 10.4. The lowest BCUT2D eigenvalue weighted by molar-refractivity contribution is 0.161. The number of methoxy groups -OCH3 is 1. The van der Waals surface area contributed by atoms with Crippen molar-refractivity contribution in [2.45, 2.75) is 44.7 Å². The second kappa shape index (κ2) is 7.94. The van der Waals surface area contributed by atoms with E-state index in [1.807, 2.05) is 17.0 Å². The Labute approximate surface area is 120 Å². The molecule has 5 heteroatoms. The third kappa shape index (κ3) is 4.27. The number of rotatable bonds is 7. The second-order valence-corrected chi connectivity index (χ2v) is 5.22. The Balaban J connectivity index is 1.89. The highest BCUT2D eigenvalue weighted by molar-refractivity contribution is 5.74. The predicted molar refractivity (Wildman–Crippen MR) is 76.4 cm³/mol. The lowest BCUT2D eigenvalue weighted by atomic mass is 10.2. The first-order valence-electron chi connectivity index (χ1n) is 7.37. The molecule has 1 aromatic heterocycles. The van der Waals surface area contributed by atoms with Crippen molar-refractivity contribution in [3.8, 4) is 0 Å². The summed E-state index contributed by atoms with van der Waals surface area (Å²) in [6.07, 6.45) is 7.07. The zero-order valence-electron chi connectivity index (χ0n) is 12.1. The molecule has 0 aromatic carbocycles. The van der Waals surface area contributed by atoms with Crippen molar-refractivity contribution in [2.75, 3.05) is 20.3 Å². The van der Waals surface area contributed by atoms with Gasteiger partial charge in [-0.25, -0.2) is 4.79 Å². The largest absolute Gasteiger partial charge is 0.467 e. The van der Waals surface area contributed by atoms with Crippen LogP contribution in [-0.2, 0) is 11.3 Å². The van der Waals surface area contributed by atoms with Crippen molar-refractivity contribution in [1.82, 2.24) is 10.2 Å². The van der Waals surface area contributed by atoms with E-state index in [-0.39, 0.29) is 6.03 Å². The van der Waals surface area contributed by atoms with E-state index in [1.54, 1.807) is 13.4 Å². The van der Waals surface area contributed by atoms with Gasteiger partial charge in [0.25, 0.3) is 0 Å². The fraction of sp³-hybridized carbons (Fsp3) is 0.667. The van der Waals surface area contributed by atoms with Crippen LogP contribution in [0.3, 0.4) is 0 Å². The molecule has 0 unspecified atom stereocenters. The van der Waals surface area contributed by atoms with Crippen molar-refractivity contribution in [2.24, 2.45) is 0 Å². The van der Waals surface area contributed by atoms with Crippen LogP contribution in [-0.4, -0.2) is 37.2 Å². The molecule has 112 valence electrons. The van der Waals surface area contributed by atoms with Gasteiger partial charge in [-0.2, -0.15) is 0 Å². The second-order valence-electron chi connectivity index (χ2n) is 5.22. The number of furan rings is 1. The quantitative estimate of drug-likeness (QED) is 0.781. The molecule has 0 saturated heterocycles. The molecule has 1 aromatic rings. The number of hydrogen-bond acceptors (Lipinski definition) is 3. The third-order valence-corrected chi connectivity index (χ3v) is 3.73. The Kier molecular flexibility index (Phi) is 5.92. The summed E-state index contributed by atoms with van der Waals surface area (Å²) in [5.41, 5.74) is 0. The van der Waals surface area contributed by atoms with Gasteiger partial charge in [-0.05, 0) is 31.4 Å². The zero-order valence-corrected chi connectivity index (χ0v) is 12.1. The van der Waals surface area contributed by atoms with Gasteiger partial charge in [-0.1, -0.05) is 12.8 Å². The summed E-state index contributed by atoms with van der Waals surface area (Å²) in [5, 5.41) is 2.97. The Morgan fingerprint density at radius 2 is 2.30 bits per heavy atom. The third-order valence-electron chi connectivity index (χ3n) is 3.73. The first-order valence-corrected chi connectivity index (χ1v) is 7.37. The van der Waals surface area contributed by atoms with Crippen LogP contribution >= 0.6 is 0 Å². The lowest BCUT2D eigenvalue weighted by Gasteiger charge is -2.28. The number of nitrogens with zero attached hydrogens (tertiary/aromatic N) is 1. The van der Waals surface area contributed by atoms with Gasteiger partial charge < -0.3 is 19.4 Å². The van der Waals surface area contributed by atoms with Crippen LogP contribution in [0, 0.1) is 0 Å². The summed E-state index contributed by atoms with van der Waals surface area (Å²) in [4.78, 5) is 14.3. The molecule has 0 aliphatic heterocycles. The molecule has 1 aliphatic rings. The van der Waals surface area contributed by atoms with E-state index in [0.717, 1.165) is 25.0 Å². The zero-order chi connectivity index (χ0) is 14.2. The van der Waals surface area contributed by atoms with Gasteiger partial charge in [-0.15, -0.1) is 0 Å². The van der Waals surface area contributed by atoms with Crippen LogP contribution in [0.5, 0.6) is 0 Å². The molecule has 0 atom stereocenters. The van der Waals surface area contributed by atoms with Gasteiger partial charge in [0, 0.05) is 26.3 Å². The number of nitrogens with one attached hydrogen (secondary N) is 1. The van der Waals surface area contributed by atoms with Crippen LogP contribution in [0.25, 0.3) is 0 Å². The topological polar surface area (TPSA) is 54.7 Å². The van der Waals surface area contributed by atoms with Gasteiger partial charge in [0.05, 0.1) is 12.8 Å². The molecule has 1 fully saturated rings. The first kappa shape index (κ1) is 14.9. The van der Waals surface area contributed by atoms with Crippen LogP contribution in [0.1, 0.15) is 37.9 Å². The van der Waals surface area contributed by atoms with Crippen LogP contribution in [0.2, 0.25) is 0 Å². The summed E-state index contributed by atoms with van der Waals surface area (Å²) in [5.74, 6) is 0.837. The molecular formula is C15H24N2O3. The van der Waals surface area contributed by atoms with E-state index in [9.17, 15) is 4.79 Å². The Hall–Kier alpha value is -1.49. The molecule has 1 heterocycles. The van der Waals surface area contributed by atoms with E-state index < -0.39 is 0 Å². The normalized spacial score (nSPS) is 15.4. The van der Waals surface area contributed by atoms with Gasteiger partial charge in [0.1, 0.15) is 5.76 Å². The monoisotopic (exact) mass is 280 g/mol. The van der Waals surface area contributed by atoms with Crippen molar-refractivity contribution in [3.05, 3.63) is 24.2 Å². The summed E-state index contributed by atoms with van der Waals surface area (Å²) in [6.45, 7) is 1.86. The minimum atomic E-state index is 0.00408. The SMILES string of the molecule is COCCCNC(=O)N(Cc1ccco1)C1CCCC1. The van der Waals surface area contributed by atoms with Gasteiger partial charge in [0.2, 0.25) is 0 Å². The average molecular weight is 280 g/mol. The summed E-state index contributed by atoms with van der Waals surface area (Å²) >= 11 is 0. The number of carbonyl (C=O) groups excluding carboxylic acids is 1. The van der Waals surface area contributed by atoms with Crippen molar-refractivity contribution >= 4 is 6.03 Å². The van der Waals surface area contributed by atoms with Crippen LogP contribution in [0.4, 0.5) is 4.79 Å². The first-order chi connectivity index (χ1) is 9.81. The van der Waals surface area contributed by atoms with Crippen LogP contribution in [0.15, 0.2) is 22.8 Å². The summed E-state index contributed by atoms with van der Waals surface area (Å²) in [6, 6.07) is 4.12. The molecule has 0 spiro atoms. The highest BCUT2D eigenvalue weighted by Crippen LogP contribution is 2.25. The minimum absolute atomic E-state index is 0.00408.